The first-order valence-electron chi connectivity index (χ1n) is 4.32. The fourth-order valence-electron chi connectivity index (χ4n) is 1.59. The molecule has 1 heterocycles. The van der Waals surface area contributed by atoms with E-state index in [1.165, 1.54) is 11.8 Å². The zero-order valence-electron chi connectivity index (χ0n) is 7.10. The minimum atomic E-state index is -0.868. The van der Waals surface area contributed by atoms with Gasteiger partial charge in [-0.3, -0.25) is 4.79 Å². The predicted octanol–water partition coefficient (Wildman–Crippen LogP) is 0.177. The molecule has 0 aromatic rings. The Labute approximate surface area is 80.3 Å². The predicted molar refractivity (Wildman–Crippen MR) is 48.6 cm³/mol. The second-order valence-electron chi connectivity index (χ2n) is 3.40. The number of aliphatic carboxylic acids is 1. The van der Waals surface area contributed by atoms with Gasteiger partial charge in [0.25, 0.3) is 0 Å². The van der Waals surface area contributed by atoms with Crippen LogP contribution in [-0.2, 0) is 9.59 Å². The molecule has 1 saturated heterocycles. The molecule has 0 radical (unpaired) electrons. The normalized spacial score (nSPS) is 29.1. The molecule has 13 heavy (non-hydrogen) atoms. The first-order valence-corrected chi connectivity index (χ1v) is 5.47. The number of thioether (sulfide) groups is 1. The molecule has 0 aromatic heterocycles. The molecule has 2 fully saturated rings. The van der Waals surface area contributed by atoms with Gasteiger partial charge >= 0.3 is 5.97 Å². The summed E-state index contributed by atoms with van der Waals surface area (Å²) in [6, 6.07) is -0.367. The van der Waals surface area contributed by atoms with Gasteiger partial charge in [0.05, 0.1) is 5.75 Å². The van der Waals surface area contributed by atoms with Crippen molar-refractivity contribution < 1.29 is 14.7 Å². The van der Waals surface area contributed by atoms with Crippen molar-refractivity contribution in [2.75, 3.05) is 11.5 Å². The topological polar surface area (TPSA) is 57.6 Å². The molecule has 1 aliphatic carbocycles. The van der Waals surface area contributed by atoms with Gasteiger partial charge in [-0.25, -0.2) is 4.79 Å². The molecule has 4 nitrogen and oxygen atoms in total. The van der Waals surface area contributed by atoms with Crippen LogP contribution in [0.15, 0.2) is 0 Å². The molecule has 1 unspecified atom stereocenters. The lowest BCUT2D eigenvalue weighted by Gasteiger charge is -2.32. The summed E-state index contributed by atoms with van der Waals surface area (Å²) in [6.45, 7) is 0. The van der Waals surface area contributed by atoms with Crippen LogP contribution in [0.5, 0.6) is 0 Å². The Morgan fingerprint density at radius 1 is 1.54 bits per heavy atom. The molecule has 1 aliphatic heterocycles. The quantitative estimate of drug-likeness (QED) is 0.692. The van der Waals surface area contributed by atoms with E-state index < -0.39 is 12.0 Å². The molecular formula is C8H11NO3S. The summed E-state index contributed by atoms with van der Waals surface area (Å²) in [6.07, 6.45) is 1.94. The van der Waals surface area contributed by atoms with Crippen molar-refractivity contribution in [3.05, 3.63) is 0 Å². The third-order valence-electron chi connectivity index (χ3n) is 2.35. The van der Waals surface area contributed by atoms with E-state index in [2.05, 4.69) is 0 Å². The number of carbonyl (C=O) groups excluding carboxylic acids is 1. The molecule has 1 amide bonds. The summed E-state index contributed by atoms with van der Waals surface area (Å²) in [5, 5.41) is 8.90. The minimum Gasteiger partial charge on any atom is -0.480 e. The van der Waals surface area contributed by atoms with Crippen LogP contribution < -0.4 is 0 Å². The van der Waals surface area contributed by atoms with Gasteiger partial charge in [0, 0.05) is 11.8 Å². The molecule has 72 valence electrons. The summed E-state index contributed by atoms with van der Waals surface area (Å²) in [4.78, 5) is 23.8. The molecule has 0 aromatic carbocycles. The van der Waals surface area contributed by atoms with Crippen LogP contribution in [-0.4, -0.2) is 45.5 Å². The Kier molecular flexibility index (Phi) is 2.19. The average molecular weight is 201 g/mol. The van der Waals surface area contributed by atoms with E-state index in [4.69, 9.17) is 5.11 Å². The Bertz CT molecular complexity index is 252. The summed E-state index contributed by atoms with van der Waals surface area (Å²) in [5.41, 5.74) is 0. The maximum Gasteiger partial charge on any atom is 0.327 e. The van der Waals surface area contributed by atoms with Crippen LogP contribution in [0, 0.1) is 0 Å². The van der Waals surface area contributed by atoms with Crippen LogP contribution in [0.4, 0.5) is 0 Å². The highest BCUT2D eigenvalue weighted by molar-refractivity contribution is 8.00. The monoisotopic (exact) mass is 201 g/mol. The largest absolute Gasteiger partial charge is 0.480 e. The molecule has 2 aliphatic rings. The maximum absolute atomic E-state index is 11.4. The highest BCUT2D eigenvalue weighted by atomic mass is 32.2. The van der Waals surface area contributed by atoms with Gasteiger partial charge in [-0.05, 0) is 12.8 Å². The van der Waals surface area contributed by atoms with Gasteiger partial charge in [-0.2, -0.15) is 0 Å². The zero-order chi connectivity index (χ0) is 9.42. The Morgan fingerprint density at radius 2 is 2.23 bits per heavy atom. The number of rotatable bonds is 2. The van der Waals surface area contributed by atoms with Crippen molar-refractivity contribution in [2.45, 2.75) is 24.9 Å². The van der Waals surface area contributed by atoms with Crippen LogP contribution >= 0.6 is 11.8 Å². The number of hydrogen-bond donors (Lipinski definition) is 1. The number of carbonyl (C=O) groups is 2. The maximum atomic E-state index is 11.4. The fraction of sp³-hybridized carbons (Fsp3) is 0.750. The summed E-state index contributed by atoms with van der Waals surface area (Å²) in [7, 11) is 0. The van der Waals surface area contributed by atoms with Gasteiger partial charge in [-0.15, -0.1) is 11.8 Å². The van der Waals surface area contributed by atoms with Crippen molar-refractivity contribution >= 4 is 23.6 Å². The molecule has 1 N–H and O–H groups in total. The highest BCUT2D eigenvalue weighted by Gasteiger charge is 2.42. The van der Waals surface area contributed by atoms with E-state index in [-0.39, 0.29) is 11.9 Å². The van der Waals surface area contributed by atoms with Gasteiger partial charge in [-0.1, -0.05) is 0 Å². The third kappa shape index (κ3) is 1.65. The van der Waals surface area contributed by atoms with Crippen molar-refractivity contribution in [3.8, 4) is 0 Å². The lowest BCUT2D eigenvalue weighted by molar-refractivity contribution is -0.149. The van der Waals surface area contributed by atoms with E-state index in [1.54, 1.807) is 4.90 Å². The van der Waals surface area contributed by atoms with E-state index >= 15 is 0 Å². The molecule has 1 atom stereocenters. The number of carboxylic acids is 1. The number of nitrogens with zero attached hydrogens (tertiary/aromatic N) is 1. The summed E-state index contributed by atoms with van der Waals surface area (Å²) in [5.74, 6) is 0.108. The first kappa shape index (κ1) is 8.87. The number of carboxylic acid groups (broad SMARTS) is 1. The highest BCUT2D eigenvalue weighted by Crippen LogP contribution is 2.32. The number of hydrogen-bond acceptors (Lipinski definition) is 3. The van der Waals surface area contributed by atoms with Gasteiger partial charge in [0.2, 0.25) is 5.91 Å². The second kappa shape index (κ2) is 3.21. The zero-order valence-corrected chi connectivity index (χ0v) is 7.92. The van der Waals surface area contributed by atoms with E-state index in [0.29, 0.717) is 11.5 Å². The Morgan fingerprint density at radius 3 is 2.77 bits per heavy atom. The summed E-state index contributed by atoms with van der Waals surface area (Å²) < 4.78 is 0. The lowest BCUT2D eigenvalue weighted by Crippen LogP contribution is -2.51. The van der Waals surface area contributed by atoms with E-state index in [1.807, 2.05) is 0 Å². The lowest BCUT2D eigenvalue weighted by atomic mass is 10.2. The van der Waals surface area contributed by atoms with E-state index in [0.717, 1.165) is 12.8 Å². The van der Waals surface area contributed by atoms with E-state index in [9.17, 15) is 9.59 Å². The van der Waals surface area contributed by atoms with Crippen LogP contribution in [0.25, 0.3) is 0 Å². The summed E-state index contributed by atoms with van der Waals surface area (Å²) >= 11 is 1.42. The van der Waals surface area contributed by atoms with Crippen molar-refractivity contribution in [3.63, 3.8) is 0 Å². The molecule has 2 rings (SSSR count). The third-order valence-corrected chi connectivity index (χ3v) is 3.35. The molecular weight excluding hydrogens is 190 g/mol. The van der Waals surface area contributed by atoms with Crippen molar-refractivity contribution in [1.29, 1.82) is 0 Å². The smallest absolute Gasteiger partial charge is 0.327 e. The fourth-order valence-corrected chi connectivity index (χ4v) is 2.56. The van der Waals surface area contributed by atoms with Gasteiger partial charge in [0.1, 0.15) is 6.04 Å². The van der Waals surface area contributed by atoms with Crippen LogP contribution in [0.1, 0.15) is 12.8 Å². The van der Waals surface area contributed by atoms with Crippen molar-refractivity contribution in [1.82, 2.24) is 4.90 Å². The Hall–Kier alpha value is -0.710. The van der Waals surface area contributed by atoms with Crippen LogP contribution in [0.3, 0.4) is 0 Å². The standard InChI is InChI=1S/C8H11NO3S/c10-7-4-13-3-6(8(11)12)9(7)5-1-2-5/h5-6H,1-4H2,(H,11,12). The second-order valence-corrected chi connectivity index (χ2v) is 4.43. The van der Waals surface area contributed by atoms with Crippen LogP contribution in [0.2, 0.25) is 0 Å². The number of amides is 1. The van der Waals surface area contributed by atoms with Gasteiger partial charge in [0.15, 0.2) is 0 Å². The molecule has 5 heteroatoms. The average Bonchev–Trinajstić information content (AvgIpc) is 2.86. The molecule has 0 spiro atoms. The van der Waals surface area contributed by atoms with Crippen molar-refractivity contribution in [2.24, 2.45) is 0 Å². The molecule has 1 saturated carbocycles. The Balaban J connectivity index is 2.13. The van der Waals surface area contributed by atoms with Gasteiger partial charge < -0.3 is 10.0 Å². The first-order chi connectivity index (χ1) is 6.20. The minimum absolute atomic E-state index is 0.00819. The molecule has 0 bridgehead atoms. The SMILES string of the molecule is O=C(O)C1CSCC(=O)N1C1CC1.